The number of fused-ring (bicyclic) bond motifs is 1. The Hall–Kier alpha value is -2.04. The summed E-state index contributed by atoms with van der Waals surface area (Å²) < 4.78 is 2.51. The van der Waals surface area contributed by atoms with Crippen molar-refractivity contribution in [2.24, 2.45) is 0 Å². The fourth-order valence-corrected chi connectivity index (χ4v) is 2.90. The second-order valence-corrected chi connectivity index (χ2v) is 5.88. The normalized spacial score (nSPS) is 12.5. The summed E-state index contributed by atoms with van der Waals surface area (Å²) in [6.07, 6.45) is 0. The average molecular weight is 335 g/mol. The van der Waals surface area contributed by atoms with E-state index < -0.39 is 5.50 Å². The second-order valence-electron chi connectivity index (χ2n) is 4.84. The van der Waals surface area contributed by atoms with E-state index in [-0.39, 0.29) is 26.9 Å². The largest absolute Gasteiger partial charge is 0.279 e. The third kappa shape index (κ3) is 2.25. The highest BCUT2D eigenvalue weighted by Gasteiger charge is 2.18. The first-order chi connectivity index (χ1) is 10.5. The smallest absolute Gasteiger partial charge is 0.267 e. The van der Waals surface area contributed by atoms with Crippen molar-refractivity contribution in [2.45, 2.75) is 12.4 Å². The van der Waals surface area contributed by atoms with E-state index in [0.29, 0.717) is 5.69 Å². The van der Waals surface area contributed by atoms with Gasteiger partial charge in [0.2, 0.25) is 0 Å². The molecule has 112 valence electrons. The lowest BCUT2D eigenvalue weighted by atomic mass is 10.2. The van der Waals surface area contributed by atoms with Crippen LogP contribution in [-0.2, 0) is 0 Å². The fraction of sp³-hybridized carbons (Fsp3) is 0.125. The van der Waals surface area contributed by atoms with Gasteiger partial charge in [0.1, 0.15) is 5.50 Å². The Bertz CT molecular complexity index is 960. The number of aromatic nitrogens is 2. The first-order valence-corrected chi connectivity index (χ1v) is 7.49. The van der Waals surface area contributed by atoms with E-state index in [1.165, 1.54) is 9.36 Å². The molecule has 3 rings (SSSR count). The molecule has 3 aromatic rings. The van der Waals surface area contributed by atoms with E-state index in [4.69, 9.17) is 23.2 Å². The van der Waals surface area contributed by atoms with Crippen LogP contribution in [0.15, 0.2) is 58.1 Å². The molecule has 6 heteroatoms. The van der Waals surface area contributed by atoms with Crippen LogP contribution in [-0.4, -0.2) is 9.36 Å². The van der Waals surface area contributed by atoms with Crippen molar-refractivity contribution in [1.82, 2.24) is 9.36 Å². The highest BCUT2D eigenvalue weighted by molar-refractivity contribution is 6.35. The molecule has 1 unspecified atom stereocenters. The zero-order chi connectivity index (χ0) is 15.9. The Morgan fingerprint density at radius 3 is 2.27 bits per heavy atom. The van der Waals surface area contributed by atoms with Crippen LogP contribution in [0.1, 0.15) is 12.4 Å². The van der Waals surface area contributed by atoms with Crippen molar-refractivity contribution in [3.05, 3.63) is 74.3 Å². The molecule has 1 aromatic heterocycles. The van der Waals surface area contributed by atoms with Crippen LogP contribution in [0, 0.1) is 0 Å². The molecule has 0 spiro atoms. The van der Waals surface area contributed by atoms with Crippen LogP contribution in [0.3, 0.4) is 0 Å². The van der Waals surface area contributed by atoms with Gasteiger partial charge in [-0.2, -0.15) is 0 Å². The molecule has 1 atom stereocenters. The minimum atomic E-state index is -0.691. The summed E-state index contributed by atoms with van der Waals surface area (Å²) in [5, 5.41) is 0.711. The Morgan fingerprint density at radius 1 is 0.955 bits per heavy atom. The van der Waals surface area contributed by atoms with Gasteiger partial charge in [-0.15, -0.1) is 0 Å². The molecule has 0 aliphatic heterocycles. The Morgan fingerprint density at radius 2 is 1.64 bits per heavy atom. The Balaban J connectivity index is 2.58. The summed E-state index contributed by atoms with van der Waals surface area (Å²) in [4.78, 5) is 25.6. The third-order valence-electron chi connectivity index (χ3n) is 3.41. The summed E-state index contributed by atoms with van der Waals surface area (Å²) in [5.41, 5.74) is -0.870. The zero-order valence-electron chi connectivity index (χ0n) is 11.7. The average Bonchev–Trinajstić information content (AvgIpc) is 2.50. The standard InChI is InChI=1S/C16H12Cl2N2O2/c1-10(17)19-15(21)12-8-5-9-13(18)14(12)16(22)20(19)11-6-3-2-4-7-11/h2-10H,1H3. The Kier molecular flexibility index (Phi) is 3.81. The molecule has 0 fully saturated rings. The second kappa shape index (κ2) is 5.63. The number of alkyl halides is 1. The molecular weight excluding hydrogens is 323 g/mol. The maximum Gasteiger partial charge on any atom is 0.279 e. The molecule has 1 heterocycles. The van der Waals surface area contributed by atoms with Crippen LogP contribution < -0.4 is 11.1 Å². The highest BCUT2D eigenvalue weighted by atomic mass is 35.5. The number of halogens is 2. The minimum absolute atomic E-state index is 0.201. The number of para-hydroxylation sites is 1. The van der Waals surface area contributed by atoms with Crippen LogP contribution in [0.5, 0.6) is 0 Å². The lowest BCUT2D eigenvalue weighted by Gasteiger charge is -2.18. The molecule has 0 N–H and O–H groups in total. The topological polar surface area (TPSA) is 44.0 Å². The first kappa shape index (κ1) is 14.9. The van der Waals surface area contributed by atoms with Gasteiger partial charge in [0.25, 0.3) is 11.1 Å². The van der Waals surface area contributed by atoms with Gasteiger partial charge in [-0.3, -0.25) is 9.59 Å². The summed E-state index contributed by atoms with van der Waals surface area (Å²) in [5.74, 6) is 0. The van der Waals surface area contributed by atoms with Gasteiger partial charge in [0.05, 0.1) is 21.5 Å². The van der Waals surface area contributed by atoms with Gasteiger partial charge in [-0.05, 0) is 31.2 Å². The van der Waals surface area contributed by atoms with Crippen LogP contribution in [0.25, 0.3) is 16.5 Å². The zero-order valence-corrected chi connectivity index (χ0v) is 13.2. The molecular formula is C16H12Cl2N2O2. The highest BCUT2D eigenvalue weighted by Crippen LogP contribution is 2.20. The van der Waals surface area contributed by atoms with Crippen molar-refractivity contribution in [3.63, 3.8) is 0 Å². The predicted molar refractivity (Wildman–Crippen MR) is 89.4 cm³/mol. The molecule has 0 bridgehead atoms. The molecule has 0 saturated carbocycles. The molecule has 2 aromatic carbocycles. The lowest BCUT2D eigenvalue weighted by molar-refractivity contribution is 0.520. The first-order valence-electron chi connectivity index (χ1n) is 6.68. The molecule has 4 nitrogen and oxygen atoms in total. The number of hydrogen-bond donors (Lipinski definition) is 0. The van der Waals surface area contributed by atoms with Crippen molar-refractivity contribution in [1.29, 1.82) is 0 Å². The summed E-state index contributed by atoms with van der Waals surface area (Å²) >= 11 is 12.3. The molecule has 0 saturated heterocycles. The van der Waals surface area contributed by atoms with Crippen molar-refractivity contribution < 1.29 is 0 Å². The molecule has 0 amide bonds. The van der Waals surface area contributed by atoms with Gasteiger partial charge in [0, 0.05) is 0 Å². The number of hydrogen-bond acceptors (Lipinski definition) is 2. The summed E-state index contributed by atoms with van der Waals surface area (Å²) in [6.45, 7) is 1.64. The van der Waals surface area contributed by atoms with Gasteiger partial charge in [-0.25, -0.2) is 9.36 Å². The van der Waals surface area contributed by atoms with Crippen LogP contribution in [0.2, 0.25) is 5.02 Å². The van der Waals surface area contributed by atoms with E-state index in [1.54, 1.807) is 49.4 Å². The predicted octanol–water partition coefficient (Wildman–Crippen LogP) is 3.56. The van der Waals surface area contributed by atoms with E-state index in [1.807, 2.05) is 6.07 Å². The summed E-state index contributed by atoms with van der Waals surface area (Å²) in [7, 11) is 0. The van der Waals surface area contributed by atoms with E-state index >= 15 is 0 Å². The third-order valence-corrected chi connectivity index (χ3v) is 3.91. The molecule has 0 aliphatic rings. The quantitative estimate of drug-likeness (QED) is 0.672. The van der Waals surface area contributed by atoms with Crippen LogP contribution >= 0.6 is 23.2 Å². The number of benzene rings is 2. The van der Waals surface area contributed by atoms with Gasteiger partial charge in [-0.1, -0.05) is 47.5 Å². The monoisotopic (exact) mass is 334 g/mol. The summed E-state index contributed by atoms with van der Waals surface area (Å²) in [6, 6.07) is 13.7. The molecule has 22 heavy (non-hydrogen) atoms. The lowest BCUT2D eigenvalue weighted by Crippen LogP contribution is -2.38. The van der Waals surface area contributed by atoms with Crippen molar-refractivity contribution >= 4 is 34.0 Å². The van der Waals surface area contributed by atoms with Crippen molar-refractivity contribution in [2.75, 3.05) is 0 Å². The SMILES string of the molecule is CC(Cl)n1c(=O)c2cccc(Cl)c2c(=O)n1-c1ccccc1. The van der Waals surface area contributed by atoms with E-state index in [9.17, 15) is 9.59 Å². The number of nitrogens with zero attached hydrogens (tertiary/aromatic N) is 2. The van der Waals surface area contributed by atoms with Crippen molar-refractivity contribution in [3.8, 4) is 5.69 Å². The maximum absolute atomic E-state index is 12.9. The van der Waals surface area contributed by atoms with Gasteiger partial charge in [0.15, 0.2) is 0 Å². The maximum atomic E-state index is 12.9. The fourth-order valence-electron chi connectivity index (χ4n) is 2.47. The van der Waals surface area contributed by atoms with Gasteiger partial charge >= 0.3 is 0 Å². The van der Waals surface area contributed by atoms with E-state index in [2.05, 4.69) is 0 Å². The molecule has 0 radical (unpaired) electrons. The van der Waals surface area contributed by atoms with E-state index in [0.717, 1.165) is 0 Å². The Labute approximate surface area is 136 Å². The number of rotatable bonds is 2. The molecule has 0 aliphatic carbocycles. The minimum Gasteiger partial charge on any atom is -0.267 e. The van der Waals surface area contributed by atoms with Gasteiger partial charge < -0.3 is 0 Å². The van der Waals surface area contributed by atoms with Crippen LogP contribution in [0.4, 0.5) is 0 Å².